The number of hydrogen-bond donors (Lipinski definition) is 2. The Balaban J connectivity index is 2.36. The number of likely N-dealkylation sites (tertiary alicyclic amines) is 1. The zero-order valence-electron chi connectivity index (χ0n) is 9.90. The summed E-state index contributed by atoms with van der Waals surface area (Å²) < 4.78 is 0. The van der Waals surface area contributed by atoms with E-state index in [0.717, 1.165) is 12.8 Å². The third-order valence-electron chi connectivity index (χ3n) is 2.92. The maximum Gasteiger partial charge on any atom is 0.317 e. The summed E-state index contributed by atoms with van der Waals surface area (Å²) in [7, 11) is 0. The van der Waals surface area contributed by atoms with E-state index in [1.807, 2.05) is 6.92 Å². The first-order valence-electron chi connectivity index (χ1n) is 5.82. The Kier molecular flexibility index (Phi) is 4.58. The minimum absolute atomic E-state index is 0.135. The number of carbonyl (C=O) groups is 2. The molecule has 0 aromatic heterocycles. The lowest BCUT2D eigenvalue weighted by molar-refractivity contribution is -0.141. The Morgan fingerprint density at radius 3 is 2.75 bits per heavy atom. The third kappa shape index (κ3) is 3.40. The third-order valence-corrected chi connectivity index (χ3v) is 2.92. The van der Waals surface area contributed by atoms with Gasteiger partial charge in [-0.1, -0.05) is 13.3 Å². The molecule has 16 heavy (non-hydrogen) atoms. The Hall–Kier alpha value is -1.26. The molecule has 1 fully saturated rings. The maximum atomic E-state index is 11.7. The number of carboxylic acids is 1. The van der Waals surface area contributed by atoms with E-state index < -0.39 is 11.9 Å². The fraction of sp³-hybridized carbons (Fsp3) is 0.818. The molecule has 0 saturated carbocycles. The van der Waals surface area contributed by atoms with Crippen molar-refractivity contribution >= 4 is 12.0 Å². The Labute approximate surface area is 95.8 Å². The number of hydrogen-bond acceptors (Lipinski definition) is 2. The van der Waals surface area contributed by atoms with Crippen LogP contribution in [0.25, 0.3) is 0 Å². The topological polar surface area (TPSA) is 69.6 Å². The van der Waals surface area contributed by atoms with Gasteiger partial charge in [0.25, 0.3) is 0 Å². The van der Waals surface area contributed by atoms with Gasteiger partial charge in [0.2, 0.25) is 0 Å². The molecule has 1 aliphatic heterocycles. The van der Waals surface area contributed by atoms with Gasteiger partial charge in [-0.15, -0.1) is 0 Å². The largest absolute Gasteiger partial charge is 0.481 e. The van der Waals surface area contributed by atoms with Gasteiger partial charge in [-0.3, -0.25) is 4.79 Å². The summed E-state index contributed by atoms with van der Waals surface area (Å²) in [4.78, 5) is 24.0. The Morgan fingerprint density at radius 2 is 2.25 bits per heavy atom. The summed E-state index contributed by atoms with van der Waals surface area (Å²) in [6.07, 6.45) is 2.53. The van der Waals surface area contributed by atoms with Crippen molar-refractivity contribution in [3.8, 4) is 0 Å². The fourth-order valence-electron chi connectivity index (χ4n) is 1.95. The molecule has 1 rings (SSSR count). The smallest absolute Gasteiger partial charge is 0.317 e. The highest BCUT2D eigenvalue weighted by Crippen LogP contribution is 2.16. The molecule has 92 valence electrons. The van der Waals surface area contributed by atoms with E-state index in [0.29, 0.717) is 19.5 Å². The molecule has 5 nitrogen and oxygen atoms in total. The predicted octanol–water partition coefficient (Wildman–Crippen LogP) is 1.29. The van der Waals surface area contributed by atoms with Crippen LogP contribution in [0.2, 0.25) is 0 Å². The van der Waals surface area contributed by atoms with Gasteiger partial charge in [-0.25, -0.2) is 4.79 Å². The Bertz CT molecular complexity index is 268. The predicted molar refractivity (Wildman–Crippen MR) is 60.2 cm³/mol. The van der Waals surface area contributed by atoms with Crippen molar-refractivity contribution in [1.29, 1.82) is 0 Å². The van der Waals surface area contributed by atoms with Gasteiger partial charge in [0.05, 0.1) is 5.92 Å². The molecule has 0 bridgehead atoms. The van der Waals surface area contributed by atoms with Crippen molar-refractivity contribution in [2.24, 2.45) is 5.92 Å². The molecule has 2 atom stereocenters. The molecule has 0 aromatic rings. The minimum atomic E-state index is -0.808. The van der Waals surface area contributed by atoms with Crippen LogP contribution in [0.5, 0.6) is 0 Å². The van der Waals surface area contributed by atoms with Crippen molar-refractivity contribution in [2.45, 2.75) is 39.2 Å². The van der Waals surface area contributed by atoms with Crippen LogP contribution in [0, 0.1) is 5.92 Å². The number of nitrogens with zero attached hydrogens (tertiary/aromatic N) is 1. The number of rotatable bonds is 4. The molecular weight excluding hydrogens is 208 g/mol. The molecule has 0 radical (unpaired) electrons. The van der Waals surface area contributed by atoms with Gasteiger partial charge >= 0.3 is 12.0 Å². The second kappa shape index (κ2) is 5.72. The van der Waals surface area contributed by atoms with Crippen LogP contribution in [0.15, 0.2) is 0 Å². The molecule has 0 aliphatic carbocycles. The molecule has 1 aliphatic rings. The second-order valence-corrected chi connectivity index (χ2v) is 4.41. The van der Waals surface area contributed by atoms with E-state index in [2.05, 4.69) is 12.2 Å². The zero-order valence-corrected chi connectivity index (χ0v) is 9.90. The van der Waals surface area contributed by atoms with Crippen LogP contribution in [-0.2, 0) is 4.79 Å². The molecule has 0 spiro atoms. The quantitative estimate of drug-likeness (QED) is 0.761. The summed E-state index contributed by atoms with van der Waals surface area (Å²) >= 11 is 0. The van der Waals surface area contributed by atoms with Crippen LogP contribution < -0.4 is 5.32 Å². The molecule has 2 amide bonds. The van der Waals surface area contributed by atoms with Gasteiger partial charge in [0.1, 0.15) is 0 Å². The number of carbonyl (C=O) groups excluding carboxylic acids is 1. The van der Waals surface area contributed by atoms with Gasteiger partial charge < -0.3 is 15.3 Å². The molecule has 1 saturated heterocycles. The van der Waals surface area contributed by atoms with Crippen molar-refractivity contribution < 1.29 is 14.7 Å². The van der Waals surface area contributed by atoms with E-state index in [4.69, 9.17) is 5.11 Å². The first-order chi connectivity index (χ1) is 7.54. The van der Waals surface area contributed by atoms with Crippen LogP contribution in [0.1, 0.15) is 33.1 Å². The lowest BCUT2D eigenvalue weighted by atomic mass is 10.1. The fourth-order valence-corrected chi connectivity index (χ4v) is 1.95. The van der Waals surface area contributed by atoms with Crippen LogP contribution in [0.3, 0.4) is 0 Å². The summed E-state index contributed by atoms with van der Waals surface area (Å²) in [5.74, 6) is -1.20. The van der Waals surface area contributed by atoms with Crippen LogP contribution in [0.4, 0.5) is 4.79 Å². The van der Waals surface area contributed by atoms with E-state index >= 15 is 0 Å². The lowest BCUT2D eigenvalue weighted by Crippen LogP contribution is -2.43. The highest BCUT2D eigenvalue weighted by Gasteiger charge is 2.30. The highest BCUT2D eigenvalue weighted by molar-refractivity contribution is 5.77. The van der Waals surface area contributed by atoms with Gasteiger partial charge in [-0.2, -0.15) is 0 Å². The monoisotopic (exact) mass is 228 g/mol. The van der Waals surface area contributed by atoms with Gasteiger partial charge in [-0.05, 0) is 19.8 Å². The van der Waals surface area contributed by atoms with Crippen LogP contribution >= 0.6 is 0 Å². The molecule has 2 unspecified atom stereocenters. The number of nitrogens with one attached hydrogen (secondary N) is 1. The summed E-state index contributed by atoms with van der Waals surface area (Å²) in [5, 5.41) is 11.7. The first kappa shape index (κ1) is 12.8. The average molecular weight is 228 g/mol. The minimum Gasteiger partial charge on any atom is -0.481 e. The van der Waals surface area contributed by atoms with Gasteiger partial charge in [0, 0.05) is 19.1 Å². The maximum absolute atomic E-state index is 11.7. The standard InChI is InChI=1S/C11H20N2O3/c1-3-4-8(2)12-11(16)13-6-5-9(7-13)10(14)15/h8-9H,3-7H2,1-2H3,(H,12,16)(H,14,15). The number of aliphatic carboxylic acids is 1. The average Bonchev–Trinajstić information content (AvgIpc) is 2.66. The zero-order chi connectivity index (χ0) is 12.1. The van der Waals surface area contributed by atoms with Crippen molar-refractivity contribution in [3.05, 3.63) is 0 Å². The van der Waals surface area contributed by atoms with E-state index in [-0.39, 0.29) is 12.1 Å². The second-order valence-electron chi connectivity index (χ2n) is 4.41. The van der Waals surface area contributed by atoms with Crippen molar-refractivity contribution in [2.75, 3.05) is 13.1 Å². The lowest BCUT2D eigenvalue weighted by Gasteiger charge is -2.20. The molecule has 0 aromatic carbocycles. The number of carboxylic acid groups (broad SMARTS) is 1. The summed E-state index contributed by atoms with van der Waals surface area (Å²) in [5.41, 5.74) is 0. The van der Waals surface area contributed by atoms with Crippen LogP contribution in [-0.4, -0.2) is 41.1 Å². The number of amides is 2. The molecular formula is C11H20N2O3. The van der Waals surface area contributed by atoms with Crippen molar-refractivity contribution in [3.63, 3.8) is 0 Å². The first-order valence-corrected chi connectivity index (χ1v) is 5.82. The summed E-state index contributed by atoms with van der Waals surface area (Å²) in [6.45, 7) is 4.91. The number of urea groups is 1. The van der Waals surface area contributed by atoms with Crippen molar-refractivity contribution in [1.82, 2.24) is 10.2 Å². The van der Waals surface area contributed by atoms with E-state index in [9.17, 15) is 9.59 Å². The normalized spacial score (nSPS) is 21.9. The molecule has 2 N–H and O–H groups in total. The van der Waals surface area contributed by atoms with E-state index in [1.54, 1.807) is 4.90 Å². The SMILES string of the molecule is CCCC(C)NC(=O)N1CCC(C(=O)O)C1. The van der Waals surface area contributed by atoms with E-state index in [1.165, 1.54) is 0 Å². The highest BCUT2D eigenvalue weighted by atomic mass is 16.4. The van der Waals surface area contributed by atoms with Gasteiger partial charge in [0.15, 0.2) is 0 Å². The Morgan fingerprint density at radius 1 is 1.56 bits per heavy atom. The molecule has 5 heteroatoms. The summed E-state index contributed by atoms with van der Waals surface area (Å²) in [6, 6.07) is 0.0195. The molecule has 1 heterocycles.